The van der Waals surface area contributed by atoms with Gasteiger partial charge >= 0.3 is 0 Å². The summed E-state index contributed by atoms with van der Waals surface area (Å²) in [6.07, 6.45) is 0. The molecule has 2 aromatic carbocycles. The van der Waals surface area contributed by atoms with Gasteiger partial charge < -0.3 is 5.73 Å². The molecule has 1 aliphatic carbocycles. The van der Waals surface area contributed by atoms with Crippen molar-refractivity contribution in [1.29, 1.82) is 0 Å². The Morgan fingerprint density at radius 2 is 1.37 bits per heavy atom. The van der Waals surface area contributed by atoms with Gasteiger partial charge in [-0.1, -0.05) is 48.5 Å². The second kappa shape index (κ2) is 4.47. The van der Waals surface area contributed by atoms with Crippen LogP contribution in [0.2, 0.25) is 0 Å². The third kappa shape index (κ3) is 2.07. The first-order valence-electron chi connectivity index (χ1n) is 6.22. The summed E-state index contributed by atoms with van der Waals surface area (Å²) < 4.78 is 25.0. The van der Waals surface area contributed by atoms with Crippen molar-refractivity contribution in [2.75, 3.05) is 0 Å². The Bertz CT molecular complexity index is 668. The molecule has 98 valence electrons. The minimum absolute atomic E-state index is 0.0913. The van der Waals surface area contributed by atoms with Crippen molar-refractivity contribution in [3.8, 4) is 0 Å². The van der Waals surface area contributed by atoms with Gasteiger partial charge in [0.2, 0.25) is 0 Å². The number of sulfone groups is 1. The summed E-state index contributed by atoms with van der Waals surface area (Å²) in [5.41, 5.74) is 6.99. The van der Waals surface area contributed by atoms with Gasteiger partial charge in [-0.05, 0) is 17.7 Å². The van der Waals surface area contributed by atoms with E-state index in [4.69, 9.17) is 5.73 Å². The molecule has 1 fully saturated rings. The molecule has 3 nitrogen and oxygen atoms in total. The smallest absolute Gasteiger partial charge is 0.183 e. The molecule has 3 rings (SSSR count). The van der Waals surface area contributed by atoms with Crippen molar-refractivity contribution in [1.82, 2.24) is 0 Å². The van der Waals surface area contributed by atoms with E-state index < -0.39 is 15.1 Å². The van der Waals surface area contributed by atoms with Crippen LogP contribution < -0.4 is 5.73 Å². The highest BCUT2D eigenvalue weighted by Crippen LogP contribution is 2.46. The number of hydrogen-bond acceptors (Lipinski definition) is 3. The van der Waals surface area contributed by atoms with Crippen LogP contribution in [0.25, 0.3) is 0 Å². The van der Waals surface area contributed by atoms with Crippen LogP contribution in [0.3, 0.4) is 0 Å². The van der Waals surface area contributed by atoms with E-state index in [0.29, 0.717) is 4.90 Å². The molecule has 0 saturated heterocycles. The summed E-state index contributed by atoms with van der Waals surface area (Å²) in [6, 6.07) is 17.8. The van der Waals surface area contributed by atoms with E-state index in [9.17, 15) is 8.42 Å². The number of hydrogen-bond donors (Lipinski definition) is 1. The lowest BCUT2D eigenvalue weighted by Gasteiger charge is -2.03. The molecular weight excluding hydrogens is 258 g/mol. The third-order valence-corrected chi connectivity index (χ3v) is 5.87. The largest absolute Gasteiger partial charge is 0.326 e. The summed E-state index contributed by atoms with van der Waals surface area (Å²) in [5.74, 6) is -0.0913. The van der Waals surface area contributed by atoms with Crippen LogP contribution in [0.5, 0.6) is 0 Å². The molecule has 0 heterocycles. The Morgan fingerprint density at radius 3 is 1.95 bits per heavy atom. The number of benzene rings is 2. The van der Waals surface area contributed by atoms with Gasteiger partial charge in [-0.2, -0.15) is 0 Å². The zero-order valence-corrected chi connectivity index (χ0v) is 11.1. The van der Waals surface area contributed by atoms with Crippen molar-refractivity contribution < 1.29 is 8.42 Å². The van der Waals surface area contributed by atoms with Gasteiger partial charge in [-0.3, -0.25) is 0 Å². The lowest BCUT2D eigenvalue weighted by molar-refractivity contribution is 0.593. The van der Waals surface area contributed by atoms with E-state index in [1.807, 2.05) is 30.3 Å². The zero-order valence-electron chi connectivity index (χ0n) is 10.3. The molecule has 0 aliphatic heterocycles. The van der Waals surface area contributed by atoms with Gasteiger partial charge in [0.25, 0.3) is 0 Å². The number of rotatable bonds is 3. The van der Waals surface area contributed by atoms with Crippen LogP contribution in [0.1, 0.15) is 11.5 Å². The Hall–Kier alpha value is -1.65. The van der Waals surface area contributed by atoms with Gasteiger partial charge in [0.15, 0.2) is 9.84 Å². The molecule has 0 aromatic heterocycles. The van der Waals surface area contributed by atoms with Crippen molar-refractivity contribution >= 4 is 9.84 Å². The van der Waals surface area contributed by atoms with E-state index in [1.165, 1.54) is 0 Å². The predicted molar refractivity (Wildman–Crippen MR) is 74.6 cm³/mol. The van der Waals surface area contributed by atoms with Gasteiger partial charge in [0, 0.05) is 12.0 Å². The van der Waals surface area contributed by atoms with Gasteiger partial charge in [0.1, 0.15) is 0 Å². The molecule has 4 heteroatoms. The average molecular weight is 273 g/mol. The molecule has 2 N–H and O–H groups in total. The topological polar surface area (TPSA) is 60.2 Å². The van der Waals surface area contributed by atoms with Crippen molar-refractivity contribution in [2.24, 2.45) is 5.73 Å². The highest BCUT2D eigenvalue weighted by molar-refractivity contribution is 7.92. The second-order valence-corrected chi connectivity index (χ2v) is 6.94. The van der Waals surface area contributed by atoms with Gasteiger partial charge in [0.05, 0.1) is 10.1 Å². The third-order valence-electron chi connectivity index (χ3n) is 3.62. The summed E-state index contributed by atoms with van der Waals surface area (Å²) in [4.78, 5) is 0.355. The van der Waals surface area contributed by atoms with Crippen LogP contribution in [-0.4, -0.2) is 19.7 Å². The normalized spacial score (nSPS) is 26.1. The lowest BCUT2D eigenvalue weighted by atomic mass is 10.1. The van der Waals surface area contributed by atoms with Gasteiger partial charge in [-0.25, -0.2) is 8.42 Å². The van der Waals surface area contributed by atoms with Crippen LogP contribution >= 0.6 is 0 Å². The Morgan fingerprint density at radius 1 is 0.842 bits per heavy atom. The molecule has 0 radical (unpaired) electrons. The maximum atomic E-state index is 12.5. The molecule has 3 atom stereocenters. The summed E-state index contributed by atoms with van der Waals surface area (Å²) >= 11 is 0. The average Bonchev–Trinajstić information content (AvgIpc) is 3.13. The molecule has 1 saturated carbocycles. The van der Waals surface area contributed by atoms with Crippen LogP contribution in [0.4, 0.5) is 0 Å². The Balaban J connectivity index is 1.93. The summed E-state index contributed by atoms with van der Waals surface area (Å²) in [5, 5.41) is -0.503. The molecule has 2 aromatic rings. The number of nitrogens with two attached hydrogens (primary N) is 1. The van der Waals surface area contributed by atoms with E-state index in [0.717, 1.165) is 5.56 Å². The fraction of sp³-hybridized carbons (Fsp3) is 0.200. The first-order valence-corrected chi connectivity index (χ1v) is 7.76. The quantitative estimate of drug-likeness (QED) is 0.930. The van der Waals surface area contributed by atoms with Gasteiger partial charge in [-0.15, -0.1) is 0 Å². The molecular formula is C15H15NO2S. The molecule has 0 amide bonds. The van der Waals surface area contributed by atoms with Crippen molar-refractivity contribution in [2.45, 2.75) is 22.1 Å². The van der Waals surface area contributed by atoms with Crippen molar-refractivity contribution in [3.05, 3.63) is 66.2 Å². The predicted octanol–water partition coefficient (Wildman–Crippen LogP) is 1.95. The summed E-state index contributed by atoms with van der Waals surface area (Å²) in [7, 11) is -3.34. The molecule has 0 unspecified atom stereocenters. The second-order valence-electron chi connectivity index (χ2n) is 4.84. The van der Waals surface area contributed by atoms with E-state index in [2.05, 4.69) is 0 Å². The molecule has 0 bridgehead atoms. The lowest BCUT2D eigenvalue weighted by Crippen LogP contribution is -2.15. The first-order chi connectivity index (χ1) is 9.12. The maximum Gasteiger partial charge on any atom is 0.183 e. The Kier molecular flexibility index (Phi) is 2.92. The van der Waals surface area contributed by atoms with E-state index >= 15 is 0 Å². The van der Waals surface area contributed by atoms with Crippen molar-refractivity contribution in [3.63, 3.8) is 0 Å². The van der Waals surface area contributed by atoms with E-state index in [-0.39, 0.29) is 12.0 Å². The monoisotopic (exact) mass is 273 g/mol. The summed E-state index contributed by atoms with van der Waals surface area (Å²) in [6.45, 7) is 0. The highest BCUT2D eigenvalue weighted by atomic mass is 32.2. The SMILES string of the molecule is N[C@H]1[C@@H](c2ccccc2)[C@@H]1S(=O)(=O)c1ccccc1. The Labute approximate surface area is 113 Å². The fourth-order valence-electron chi connectivity index (χ4n) is 2.56. The minimum Gasteiger partial charge on any atom is -0.326 e. The molecule has 0 spiro atoms. The molecule has 19 heavy (non-hydrogen) atoms. The standard InChI is InChI=1S/C15H15NO2S/c16-14-13(11-7-3-1-4-8-11)15(14)19(17,18)12-9-5-2-6-10-12/h1-10,13-15H,16H2/t13-,14+,15+/m1/s1. The van der Waals surface area contributed by atoms with Crippen LogP contribution in [-0.2, 0) is 9.84 Å². The van der Waals surface area contributed by atoms with E-state index in [1.54, 1.807) is 30.3 Å². The fourth-order valence-corrected chi connectivity index (χ4v) is 4.63. The minimum atomic E-state index is -3.34. The molecule has 1 aliphatic rings. The highest BCUT2D eigenvalue weighted by Gasteiger charge is 2.56. The zero-order chi connectivity index (χ0) is 13.5. The maximum absolute atomic E-state index is 12.5. The van der Waals surface area contributed by atoms with Crippen LogP contribution in [0.15, 0.2) is 65.6 Å². The first kappa shape index (κ1) is 12.4. The van der Waals surface area contributed by atoms with Crippen LogP contribution in [0, 0.1) is 0 Å².